The Bertz CT molecular complexity index is 2620. The molecule has 0 bridgehead atoms. The number of aryl methyl sites for hydroxylation is 1. The van der Waals surface area contributed by atoms with Gasteiger partial charge in [0.25, 0.3) is 0 Å². The van der Waals surface area contributed by atoms with Gasteiger partial charge >= 0.3 is 21.5 Å². The lowest BCUT2D eigenvalue weighted by Gasteiger charge is -2.23. The van der Waals surface area contributed by atoms with Crippen LogP contribution in [0.15, 0.2) is 170 Å². The van der Waals surface area contributed by atoms with E-state index in [4.69, 9.17) is 9.84 Å². The molecule has 1 atom stereocenters. The van der Waals surface area contributed by atoms with Crippen molar-refractivity contribution in [1.29, 1.82) is 0 Å². The summed E-state index contributed by atoms with van der Waals surface area (Å²) in [4.78, 5) is 12.8. The number of hydrogen-bond acceptors (Lipinski definition) is 9. The van der Waals surface area contributed by atoms with Crippen LogP contribution in [0.5, 0.6) is 0 Å². The summed E-state index contributed by atoms with van der Waals surface area (Å²) in [6, 6.07) is 45.8. The predicted octanol–water partition coefficient (Wildman–Crippen LogP) is 11.9. The largest absolute Gasteiger partial charge is 0.512 e. The Hall–Kier alpha value is -6.32. The number of carbonyl (C=O) groups is 1. The first kappa shape index (κ1) is 48.3. The van der Waals surface area contributed by atoms with Crippen LogP contribution >= 0.6 is 12.8 Å². The van der Waals surface area contributed by atoms with Gasteiger partial charge in [-0.05, 0) is 109 Å². The number of aliphatic hydroxyl groups is 1. The quantitative estimate of drug-likeness (QED) is 0.0276. The fourth-order valence-electron chi connectivity index (χ4n) is 6.36. The highest BCUT2D eigenvalue weighted by Gasteiger charge is 2.45. The van der Waals surface area contributed by atoms with Gasteiger partial charge in [-0.15, -0.1) is 0 Å². The lowest BCUT2D eigenvalue weighted by atomic mass is 9.82. The fourth-order valence-corrected chi connectivity index (χ4v) is 6.77. The number of hydrogen-bond donors (Lipinski definition) is 6. The summed E-state index contributed by atoms with van der Waals surface area (Å²) >= 11 is 2.74. The van der Waals surface area contributed by atoms with E-state index in [2.05, 4.69) is 140 Å². The molecule has 62 heavy (non-hydrogen) atoms. The zero-order valence-corrected chi connectivity index (χ0v) is 36.3. The number of thiol groups is 1. The fraction of sp³-hybridized carbons (Fsp3) is 0.146. The molecule has 0 radical (unpaired) electrons. The summed E-state index contributed by atoms with van der Waals surface area (Å²) in [5.74, 6) is -0.420. The SMILES string of the molecule is C=C/C=C(/Nc1ccc(C(c2ccc(Nc3ccccc3C)cc2)c2ccc(Nc3ccccc3C(=O)OCC)c3ccccc23)cc1)C(=C)C.CO.O=S(=O)(NS)C(F)(F)F. The second-order valence-electron chi connectivity index (χ2n) is 13.5. The van der Waals surface area contributed by atoms with Gasteiger partial charge < -0.3 is 25.8 Å². The summed E-state index contributed by atoms with van der Waals surface area (Å²) < 4.78 is 59.0. The van der Waals surface area contributed by atoms with Gasteiger partial charge in [-0.3, -0.25) is 0 Å². The minimum absolute atomic E-state index is 0.0679. The first-order chi connectivity index (χ1) is 29.7. The number of ether oxygens (including phenoxy) is 1. The van der Waals surface area contributed by atoms with E-state index >= 15 is 0 Å². The van der Waals surface area contributed by atoms with Crippen LogP contribution in [0.2, 0.25) is 0 Å². The molecule has 5 N–H and O–H groups in total. The summed E-state index contributed by atoms with van der Waals surface area (Å²) in [6.45, 7) is 14.2. The van der Waals surface area contributed by atoms with Crippen molar-refractivity contribution in [1.82, 2.24) is 4.13 Å². The average molecular weight is 883 g/mol. The van der Waals surface area contributed by atoms with Gasteiger partial charge in [0.15, 0.2) is 0 Å². The second kappa shape index (κ2) is 22.5. The standard InChI is InChI=1S/C46H43N3O2.CH2F3NO2S2.CH4O/c1-6-14-41(31(3)4)47-35-25-21-33(22-26-35)45(34-23-27-36(28-24-34)48-42-19-12-8-15-32(42)5)39-29-30-44(38-17-10-9-16-37(38)39)49-43-20-13-11-18-40(43)46(50)51-7-2;2-1(3,4)9(6,7)5-8;1-2/h6,8-30,45,47-49H,1,3,7H2,2,4-5H3;5,8H;2H,1H3/b41-14+;;. The molecule has 0 aliphatic heterocycles. The number of fused-ring (bicyclic) bond motifs is 1. The summed E-state index contributed by atoms with van der Waals surface area (Å²) in [5.41, 5.74) is 6.45. The molecule has 14 heteroatoms. The van der Waals surface area contributed by atoms with Crippen LogP contribution in [0.4, 0.5) is 41.6 Å². The zero-order valence-electron chi connectivity index (χ0n) is 34.6. The van der Waals surface area contributed by atoms with E-state index in [1.165, 1.54) is 16.7 Å². The molecule has 0 heterocycles. The van der Waals surface area contributed by atoms with E-state index in [0.29, 0.717) is 17.9 Å². The number of nitrogens with one attached hydrogen (secondary N) is 4. The molecule has 9 nitrogen and oxygen atoms in total. The molecule has 6 aromatic carbocycles. The first-order valence-corrected chi connectivity index (χ1v) is 21.1. The van der Waals surface area contributed by atoms with Crippen molar-refractivity contribution in [3.8, 4) is 0 Å². The van der Waals surface area contributed by atoms with Crippen LogP contribution in [0.1, 0.15) is 52.4 Å². The Morgan fingerprint density at radius 3 is 1.85 bits per heavy atom. The maximum absolute atomic E-state index is 12.8. The number of halogens is 3. The van der Waals surface area contributed by atoms with E-state index in [1.807, 2.05) is 56.3 Å². The lowest BCUT2D eigenvalue weighted by Crippen LogP contribution is -2.30. The molecular formula is C48H49F3N4O5S2. The number of benzene rings is 6. The van der Waals surface area contributed by atoms with Crippen LogP contribution in [0.3, 0.4) is 0 Å². The van der Waals surface area contributed by atoms with Crippen molar-refractivity contribution in [2.45, 2.75) is 32.2 Å². The highest BCUT2D eigenvalue weighted by Crippen LogP contribution is 2.40. The van der Waals surface area contributed by atoms with Crippen molar-refractivity contribution in [2.75, 3.05) is 29.7 Å². The minimum Gasteiger partial charge on any atom is -0.462 e. The molecule has 6 aromatic rings. The first-order valence-electron chi connectivity index (χ1n) is 19.2. The van der Waals surface area contributed by atoms with Gasteiger partial charge in [-0.1, -0.05) is 117 Å². The number of para-hydroxylation sites is 2. The highest BCUT2D eigenvalue weighted by molar-refractivity contribution is 8.01. The molecule has 0 amide bonds. The van der Waals surface area contributed by atoms with Crippen LogP contribution in [0, 0.1) is 6.92 Å². The number of allylic oxidation sites excluding steroid dienone is 3. The molecule has 0 aromatic heterocycles. The van der Waals surface area contributed by atoms with Gasteiger partial charge in [-0.25, -0.2) is 13.2 Å². The molecule has 324 valence electrons. The molecule has 0 spiro atoms. The van der Waals surface area contributed by atoms with Crippen molar-refractivity contribution in [3.05, 3.63) is 198 Å². The number of aliphatic hydroxyl groups excluding tert-OH is 1. The highest BCUT2D eigenvalue weighted by atomic mass is 32.3. The van der Waals surface area contributed by atoms with E-state index < -0.39 is 15.5 Å². The Kier molecular flexibility index (Phi) is 17.5. The molecule has 0 saturated carbocycles. The Morgan fingerprint density at radius 2 is 1.32 bits per heavy atom. The Labute approximate surface area is 366 Å². The van der Waals surface area contributed by atoms with E-state index in [-0.39, 0.29) is 11.9 Å². The van der Waals surface area contributed by atoms with Crippen molar-refractivity contribution in [3.63, 3.8) is 0 Å². The molecule has 0 saturated heterocycles. The summed E-state index contributed by atoms with van der Waals surface area (Å²) in [7, 11) is -4.22. The van der Waals surface area contributed by atoms with E-state index in [1.54, 1.807) is 12.1 Å². The van der Waals surface area contributed by atoms with Gasteiger partial charge in [-0.2, -0.15) is 17.3 Å². The van der Waals surface area contributed by atoms with Gasteiger partial charge in [0.05, 0.1) is 17.9 Å². The Balaban J connectivity index is 0.000000684. The topological polar surface area (TPSA) is 129 Å². The maximum Gasteiger partial charge on any atom is 0.512 e. The monoisotopic (exact) mass is 882 g/mol. The normalized spacial score (nSPS) is 11.8. The maximum atomic E-state index is 12.8. The lowest BCUT2D eigenvalue weighted by molar-refractivity contribution is -0.0440. The molecule has 0 aliphatic rings. The smallest absolute Gasteiger partial charge is 0.462 e. The van der Waals surface area contributed by atoms with Crippen LogP contribution < -0.4 is 20.1 Å². The van der Waals surface area contributed by atoms with Crippen molar-refractivity contribution >= 4 is 68.0 Å². The molecular weight excluding hydrogens is 834 g/mol. The van der Waals surface area contributed by atoms with Crippen LogP contribution in [-0.2, 0) is 14.8 Å². The van der Waals surface area contributed by atoms with Crippen LogP contribution in [-0.4, -0.2) is 38.7 Å². The third kappa shape index (κ3) is 12.4. The zero-order chi connectivity index (χ0) is 45.5. The van der Waals surface area contributed by atoms with Gasteiger partial charge in [0, 0.05) is 46.9 Å². The Morgan fingerprint density at radius 1 is 0.774 bits per heavy atom. The number of anilines is 5. The van der Waals surface area contributed by atoms with Gasteiger partial charge in [0.1, 0.15) is 0 Å². The van der Waals surface area contributed by atoms with Crippen LogP contribution in [0.25, 0.3) is 10.8 Å². The van der Waals surface area contributed by atoms with Gasteiger partial charge in [0.2, 0.25) is 0 Å². The average Bonchev–Trinajstić information content (AvgIpc) is 3.27. The number of sulfonamides is 1. The third-order valence-corrected chi connectivity index (χ3v) is 10.9. The predicted molar refractivity (Wildman–Crippen MR) is 250 cm³/mol. The molecule has 1 unspecified atom stereocenters. The minimum atomic E-state index is -5.27. The van der Waals surface area contributed by atoms with E-state index in [9.17, 15) is 26.4 Å². The number of rotatable bonds is 14. The van der Waals surface area contributed by atoms with E-state index in [0.717, 1.165) is 61.6 Å². The van der Waals surface area contributed by atoms with Crippen molar-refractivity contribution < 1.29 is 36.2 Å². The number of alkyl halides is 3. The molecule has 6 rings (SSSR count). The van der Waals surface area contributed by atoms with Crippen molar-refractivity contribution in [2.24, 2.45) is 0 Å². The molecule has 0 aliphatic carbocycles. The summed E-state index contributed by atoms with van der Waals surface area (Å²) in [6.07, 6.45) is 3.69. The third-order valence-electron chi connectivity index (χ3n) is 9.32. The number of carbonyl (C=O) groups excluding carboxylic acids is 1. The molecule has 0 fully saturated rings. The second-order valence-corrected chi connectivity index (χ2v) is 15.7. The number of esters is 1. The summed E-state index contributed by atoms with van der Waals surface area (Å²) in [5, 5.41) is 19.8.